The summed E-state index contributed by atoms with van der Waals surface area (Å²) in [5.41, 5.74) is 2.42. The Kier molecular flexibility index (Phi) is 3.49. The Labute approximate surface area is 129 Å². The van der Waals surface area contributed by atoms with Crippen LogP contribution in [-0.2, 0) is 0 Å². The maximum Gasteiger partial charge on any atom is 0.217 e. The molecule has 0 saturated heterocycles. The van der Waals surface area contributed by atoms with Crippen LogP contribution in [0.15, 0.2) is 57.2 Å². The Morgan fingerprint density at radius 1 is 0.857 bits per heavy atom. The smallest absolute Gasteiger partial charge is 0.217 e. The van der Waals surface area contributed by atoms with Gasteiger partial charge in [0, 0.05) is 10.8 Å². The molecule has 0 radical (unpaired) electrons. The van der Waals surface area contributed by atoms with Gasteiger partial charge in [0.2, 0.25) is 10.9 Å². The number of rotatable bonds is 2. The normalized spacial score (nSPS) is 10.8. The summed E-state index contributed by atoms with van der Waals surface area (Å²) in [5.74, 6) is 0. The van der Waals surface area contributed by atoms with E-state index < -0.39 is 0 Å². The number of benzene rings is 2. The van der Waals surface area contributed by atoms with Gasteiger partial charge in [-0.15, -0.1) is 0 Å². The molecular weight excluding hydrogens is 311 g/mol. The summed E-state index contributed by atoms with van der Waals surface area (Å²) >= 11 is 11.7. The van der Waals surface area contributed by atoms with Crippen molar-refractivity contribution in [3.8, 4) is 0 Å². The highest BCUT2D eigenvalue weighted by molar-refractivity contribution is 6.42. The number of halogens is 2. The van der Waals surface area contributed by atoms with Crippen LogP contribution < -0.4 is 21.6 Å². The predicted molar refractivity (Wildman–Crippen MR) is 84.5 cm³/mol. The Morgan fingerprint density at radius 3 is 2.05 bits per heavy atom. The second kappa shape index (κ2) is 5.31. The number of anilines is 1. The highest BCUT2D eigenvalue weighted by atomic mass is 35.5. The van der Waals surface area contributed by atoms with E-state index in [4.69, 9.17) is 23.2 Å². The molecule has 1 N–H and O–H groups in total. The van der Waals surface area contributed by atoms with E-state index in [2.05, 4.69) is 10.5 Å². The van der Waals surface area contributed by atoms with Crippen LogP contribution >= 0.6 is 23.2 Å². The van der Waals surface area contributed by atoms with Gasteiger partial charge in [0.1, 0.15) is 0 Å². The van der Waals surface area contributed by atoms with E-state index in [9.17, 15) is 9.59 Å². The minimum Gasteiger partial charge on any atom is -0.287 e. The van der Waals surface area contributed by atoms with E-state index >= 15 is 0 Å². The SMILES string of the molecule is O=c1c(=NNc2ccc(Cl)c(Cl)c2)c(=O)c2ccccc12. The van der Waals surface area contributed by atoms with Gasteiger partial charge in [0.15, 0.2) is 5.36 Å². The molecule has 0 bridgehead atoms. The van der Waals surface area contributed by atoms with Crippen LogP contribution in [0.25, 0.3) is 10.8 Å². The van der Waals surface area contributed by atoms with Crippen molar-refractivity contribution in [1.29, 1.82) is 0 Å². The fourth-order valence-electron chi connectivity index (χ4n) is 2.03. The zero-order valence-corrected chi connectivity index (χ0v) is 12.1. The molecule has 0 saturated carbocycles. The molecule has 4 nitrogen and oxygen atoms in total. The molecule has 3 aromatic carbocycles. The lowest BCUT2D eigenvalue weighted by atomic mass is 10.2. The Bertz CT molecular complexity index is 939. The van der Waals surface area contributed by atoms with Crippen molar-refractivity contribution in [2.45, 2.75) is 0 Å². The number of hydrogen-bond acceptors (Lipinski definition) is 4. The number of nitrogens with zero attached hydrogens (tertiary/aromatic N) is 1. The molecule has 0 aliphatic carbocycles. The van der Waals surface area contributed by atoms with E-state index in [0.717, 1.165) is 0 Å². The standard InChI is InChI=1S/C15H8Cl2N2O2/c16-11-6-5-8(7-12(11)17)18-19-13-14(20)9-3-1-2-4-10(9)15(13)21/h1-7,18H. The molecule has 0 aliphatic rings. The van der Waals surface area contributed by atoms with E-state index in [1.165, 1.54) is 0 Å². The van der Waals surface area contributed by atoms with Crippen molar-refractivity contribution < 1.29 is 0 Å². The zero-order valence-electron chi connectivity index (χ0n) is 10.6. The van der Waals surface area contributed by atoms with Crippen LogP contribution in [0.5, 0.6) is 0 Å². The maximum atomic E-state index is 12.1. The molecule has 0 atom stereocenters. The molecule has 0 spiro atoms. The molecule has 104 valence electrons. The lowest BCUT2D eigenvalue weighted by molar-refractivity contribution is 1.20. The van der Waals surface area contributed by atoms with Crippen LogP contribution in [0.2, 0.25) is 10.0 Å². The van der Waals surface area contributed by atoms with Crippen LogP contribution in [0.1, 0.15) is 0 Å². The average Bonchev–Trinajstić information content (AvgIpc) is 2.73. The van der Waals surface area contributed by atoms with Gasteiger partial charge < -0.3 is 0 Å². The quantitative estimate of drug-likeness (QED) is 0.739. The Morgan fingerprint density at radius 2 is 1.48 bits per heavy atom. The molecule has 0 fully saturated rings. The first-order valence-electron chi connectivity index (χ1n) is 6.05. The largest absolute Gasteiger partial charge is 0.287 e. The van der Waals surface area contributed by atoms with Crippen LogP contribution in [0.4, 0.5) is 5.69 Å². The van der Waals surface area contributed by atoms with Gasteiger partial charge >= 0.3 is 0 Å². The second-order valence-electron chi connectivity index (χ2n) is 4.40. The number of fused-ring (bicyclic) bond motifs is 1. The summed E-state index contributed by atoms with van der Waals surface area (Å²) in [5, 5.41) is 5.28. The van der Waals surface area contributed by atoms with Crippen molar-refractivity contribution in [3.63, 3.8) is 0 Å². The van der Waals surface area contributed by atoms with Crippen molar-refractivity contribution in [1.82, 2.24) is 0 Å². The molecular formula is C15H8Cl2N2O2. The molecule has 0 aliphatic heterocycles. The number of hydrogen-bond donors (Lipinski definition) is 1. The Balaban J connectivity index is 2.10. The van der Waals surface area contributed by atoms with Crippen molar-refractivity contribution in [2.24, 2.45) is 5.10 Å². The second-order valence-corrected chi connectivity index (χ2v) is 5.22. The van der Waals surface area contributed by atoms with Gasteiger partial charge in [-0.2, -0.15) is 5.10 Å². The first kappa shape index (κ1) is 13.8. The highest BCUT2D eigenvalue weighted by Crippen LogP contribution is 2.24. The fourth-order valence-corrected chi connectivity index (χ4v) is 2.32. The molecule has 3 rings (SSSR count). The third kappa shape index (κ3) is 2.44. The van der Waals surface area contributed by atoms with E-state index in [1.54, 1.807) is 42.5 Å². The highest BCUT2D eigenvalue weighted by Gasteiger charge is 2.09. The zero-order chi connectivity index (χ0) is 15.0. The minimum atomic E-state index is -0.386. The summed E-state index contributed by atoms with van der Waals surface area (Å²) < 4.78 is 0. The average molecular weight is 319 g/mol. The van der Waals surface area contributed by atoms with Crippen LogP contribution in [-0.4, -0.2) is 0 Å². The lowest BCUT2D eigenvalue weighted by Gasteiger charge is -2.00. The van der Waals surface area contributed by atoms with Crippen molar-refractivity contribution in [3.05, 3.63) is 78.3 Å². The summed E-state index contributed by atoms with van der Waals surface area (Å²) in [4.78, 5) is 24.2. The van der Waals surface area contributed by atoms with Gasteiger partial charge in [-0.3, -0.25) is 15.0 Å². The van der Waals surface area contributed by atoms with E-state index in [-0.39, 0.29) is 16.2 Å². The van der Waals surface area contributed by atoms with Gasteiger partial charge in [-0.05, 0) is 18.2 Å². The number of nitrogens with one attached hydrogen (secondary N) is 1. The first-order chi connectivity index (χ1) is 10.1. The topological polar surface area (TPSA) is 58.5 Å². The van der Waals surface area contributed by atoms with Crippen molar-refractivity contribution >= 4 is 39.7 Å². The van der Waals surface area contributed by atoms with Gasteiger partial charge in [0.05, 0.1) is 15.7 Å². The Hall–Kier alpha value is -2.17. The summed E-state index contributed by atoms with van der Waals surface area (Å²) in [6.45, 7) is 0. The molecule has 0 amide bonds. The predicted octanol–water partition coefficient (Wildman–Crippen LogP) is 2.67. The minimum absolute atomic E-state index is 0.137. The third-order valence-electron chi connectivity index (χ3n) is 3.06. The van der Waals surface area contributed by atoms with Gasteiger partial charge in [-0.25, -0.2) is 0 Å². The summed E-state index contributed by atoms with van der Waals surface area (Å²) in [6, 6.07) is 11.4. The molecule has 0 unspecified atom stereocenters. The fraction of sp³-hybridized carbons (Fsp3) is 0. The molecule has 3 aromatic rings. The summed E-state index contributed by atoms with van der Waals surface area (Å²) in [6.07, 6.45) is 0. The first-order valence-corrected chi connectivity index (χ1v) is 6.80. The van der Waals surface area contributed by atoms with Crippen LogP contribution in [0, 0.1) is 0 Å². The maximum absolute atomic E-state index is 12.1. The lowest BCUT2D eigenvalue weighted by Crippen LogP contribution is -2.32. The molecule has 0 heterocycles. The van der Waals surface area contributed by atoms with Gasteiger partial charge in [-0.1, -0.05) is 47.5 Å². The van der Waals surface area contributed by atoms with Gasteiger partial charge in [0.25, 0.3) is 0 Å². The van der Waals surface area contributed by atoms with Crippen LogP contribution in [0.3, 0.4) is 0 Å². The monoisotopic (exact) mass is 318 g/mol. The van der Waals surface area contributed by atoms with E-state index in [1.807, 2.05) is 0 Å². The molecule has 0 aromatic heterocycles. The molecule has 21 heavy (non-hydrogen) atoms. The van der Waals surface area contributed by atoms with Crippen molar-refractivity contribution in [2.75, 3.05) is 5.43 Å². The third-order valence-corrected chi connectivity index (χ3v) is 3.80. The van der Waals surface area contributed by atoms with E-state index in [0.29, 0.717) is 26.5 Å². The summed E-state index contributed by atoms with van der Waals surface area (Å²) in [7, 11) is 0. The molecule has 6 heteroatoms.